The molecule has 0 radical (unpaired) electrons. The molecule has 0 amide bonds. The number of benzene rings is 1. The predicted molar refractivity (Wildman–Crippen MR) is 61.6 cm³/mol. The number of aromatic nitrogens is 2. The van der Waals surface area contributed by atoms with Crippen molar-refractivity contribution in [2.24, 2.45) is 5.73 Å². The van der Waals surface area contributed by atoms with Gasteiger partial charge in [0.2, 0.25) is 0 Å². The van der Waals surface area contributed by atoms with Gasteiger partial charge in [0.1, 0.15) is 11.6 Å². The molecule has 1 aromatic heterocycles. The summed E-state index contributed by atoms with van der Waals surface area (Å²) < 4.78 is 13.1. The fourth-order valence-corrected chi connectivity index (χ4v) is 1.71. The number of rotatable bonds is 2. The summed E-state index contributed by atoms with van der Waals surface area (Å²) >= 11 is 5.98. The Morgan fingerprint density at radius 2 is 2.25 bits per heavy atom. The van der Waals surface area contributed by atoms with Crippen LogP contribution in [0.1, 0.15) is 11.4 Å². The quantitative estimate of drug-likeness (QED) is 0.847. The summed E-state index contributed by atoms with van der Waals surface area (Å²) in [7, 11) is 0. The predicted octanol–water partition coefficient (Wildman–Crippen LogP) is 2.64. The molecule has 0 atom stereocenters. The summed E-state index contributed by atoms with van der Waals surface area (Å²) in [6.45, 7) is 2.21. The van der Waals surface area contributed by atoms with E-state index in [0.29, 0.717) is 23.0 Å². The van der Waals surface area contributed by atoms with Gasteiger partial charge in [-0.1, -0.05) is 11.6 Å². The Morgan fingerprint density at radius 3 is 2.88 bits per heavy atom. The van der Waals surface area contributed by atoms with Crippen LogP contribution in [0.3, 0.4) is 0 Å². The molecule has 1 heterocycles. The van der Waals surface area contributed by atoms with Gasteiger partial charge in [0.05, 0.1) is 10.7 Å². The van der Waals surface area contributed by atoms with E-state index in [1.165, 1.54) is 18.2 Å². The van der Waals surface area contributed by atoms with E-state index in [1.54, 1.807) is 0 Å². The molecule has 0 aliphatic heterocycles. The molecule has 0 spiro atoms. The number of hydrogen-bond donors (Lipinski definition) is 2. The highest BCUT2D eigenvalue weighted by atomic mass is 35.5. The van der Waals surface area contributed by atoms with Crippen LogP contribution in [0.4, 0.5) is 4.39 Å². The van der Waals surface area contributed by atoms with Crippen molar-refractivity contribution in [3.8, 4) is 11.4 Å². The fourth-order valence-electron chi connectivity index (χ4n) is 1.50. The summed E-state index contributed by atoms with van der Waals surface area (Å²) in [5.74, 6) is 0.199. The number of nitrogens with one attached hydrogen (secondary N) is 1. The minimum Gasteiger partial charge on any atom is -0.342 e. The second-order valence-electron chi connectivity index (χ2n) is 3.49. The topological polar surface area (TPSA) is 54.7 Å². The normalized spacial score (nSPS) is 10.8. The molecule has 0 aliphatic rings. The van der Waals surface area contributed by atoms with Crippen LogP contribution in [-0.4, -0.2) is 9.97 Å². The molecule has 2 rings (SSSR count). The minimum absolute atomic E-state index is 0.343. The SMILES string of the molecule is Cc1[nH]c(-c2cc(F)ccc2Cl)nc1CN. The lowest BCUT2D eigenvalue weighted by Crippen LogP contribution is -1.98. The second-order valence-corrected chi connectivity index (χ2v) is 3.89. The Hall–Kier alpha value is -1.39. The highest BCUT2D eigenvalue weighted by Crippen LogP contribution is 2.27. The standard InChI is InChI=1S/C11H11ClFN3/c1-6-10(5-14)16-11(15-6)8-4-7(13)2-3-9(8)12/h2-4H,5,14H2,1H3,(H,15,16). The fraction of sp³-hybridized carbons (Fsp3) is 0.182. The van der Waals surface area contributed by atoms with E-state index in [0.717, 1.165) is 11.4 Å². The van der Waals surface area contributed by atoms with E-state index in [4.69, 9.17) is 17.3 Å². The lowest BCUT2D eigenvalue weighted by molar-refractivity contribution is 0.628. The Bertz CT molecular complexity index is 522. The maximum absolute atomic E-state index is 13.1. The number of aromatic amines is 1. The van der Waals surface area contributed by atoms with Crippen LogP contribution < -0.4 is 5.73 Å². The molecule has 0 unspecified atom stereocenters. The van der Waals surface area contributed by atoms with Gasteiger partial charge in [-0.15, -0.1) is 0 Å². The molecular formula is C11H11ClFN3. The molecule has 0 bridgehead atoms. The van der Waals surface area contributed by atoms with Gasteiger partial charge in [0.15, 0.2) is 0 Å². The minimum atomic E-state index is -0.345. The molecule has 3 N–H and O–H groups in total. The van der Waals surface area contributed by atoms with Crippen molar-refractivity contribution < 1.29 is 4.39 Å². The first-order chi connectivity index (χ1) is 7.61. The van der Waals surface area contributed by atoms with E-state index in [1.807, 2.05) is 6.92 Å². The van der Waals surface area contributed by atoms with Gasteiger partial charge in [-0.05, 0) is 25.1 Å². The van der Waals surface area contributed by atoms with E-state index in [-0.39, 0.29) is 5.82 Å². The Morgan fingerprint density at radius 1 is 1.50 bits per heavy atom. The van der Waals surface area contributed by atoms with Crippen LogP contribution in [-0.2, 0) is 6.54 Å². The monoisotopic (exact) mass is 239 g/mol. The number of imidazole rings is 1. The zero-order valence-electron chi connectivity index (χ0n) is 8.72. The highest BCUT2D eigenvalue weighted by Gasteiger charge is 2.11. The molecule has 2 aromatic rings. The van der Waals surface area contributed by atoms with Crippen molar-refractivity contribution in [1.29, 1.82) is 0 Å². The van der Waals surface area contributed by atoms with Crippen LogP contribution in [0.5, 0.6) is 0 Å². The third-order valence-electron chi connectivity index (χ3n) is 2.36. The van der Waals surface area contributed by atoms with Gasteiger partial charge >= 0.3 is 0 Å². The average molecular weight is 240 g/mol. The third-order valence-corrected chi connectivity index (χ3v) is 2.69. The number of aryl methyl sites for hydroxylation is 1. The van der Waals surface area contributed by atoms with Crippen molar-refractivity contribution in [1.82, 2.24) is 9.97 Å². The number of hydrogen-bond acceptors (Lipinski definition) is 2. The lowest BCUT2D eigenvalue weighted by atomic mass is 10.2. The summed E-state index contributed by atoms with van der Waals surface area (Å²) in [6, 6.07) is 4.17. The van der Waals surface area contributed by atoms with E-state index >= 15 is 0 Å². The van der Waals surface area contributed by atoms with Crippen LogP contribution in [0, 0.1) is 12.7 Å². The Labute approximate surface area is 97.5 Å². The number of halogens is 2. The van der Waals surface area contributed by atoms with Gasteiger partial charge in [0.25, 0.3) is 0 Å². The lowest BCUT2D eigenvalue weighted by Gasteiger charge is -2.00. The number of nitrogens with zero attached hydrogens (tertiary/aromatic N) is 1. The smallest absolute Gasteiger partial charge is 0.139 e. The van der Waals surface area contributed by atoms with Crippen molar-refractivity contribution in [2.75, 3.05) is 0 Å². The van der Waals surface area contributed by atoms with Crippen molar-refractivity contribution in [3.63, 3.8) is 0 Å². The van der Waals surface area contributed by atoms with Crippen LogP contribution in [0.15, 0.2) is 18.2 Å². The van der Waals surface area contributed by atoms with Crippen molar-refractivity contribution >= 4 is 11.6 Å². The first-order valence-corrected chi connectivity index (χ1v) is 5.20. The molecule has 1 aromatic carbocycles. The van der Waals surface area contributed by atoms with Gasteiger partial charge in [0, 0.05) is 17.8 Å². The Kier molecular flexibility index (Phi) is 2.94. The number of H-pyrrole nitrogens is 1. The molecule has 84 valence electrons. The van der Waals surface area contributed by atoms with Crippen molar-refractivity contribution in [2.45, 2.75) is 13.5 Å². The first-order valence-electron chi connectivity index (χ1n) is 4.83. The van der Waals surface area contributed by atoms with E-state index < -0.39 is 0 Å². The second kappa shape index (κ2) is 4.23. The molecule has 3 nitrogen and oxygen atoms in total. The summed E-state index contributed by atoms with van der Waals surface area (Å²) in [5, 5.41) is 0.457. The van der Waals surface area contributed by atoms with Gasteiger partial charge in [-0.2, -0.15) is 0 Å². The zero-order chi connectivity index (χ0) is 11.7. The maximum Gasteiger partial charge on any atom is 0.139 e. The van der Waals surface area contributed by atoms with Gasteiger partial charge in [-0.25, -0.2) is 9.37 Å². The van der Waals surface area contributed by atoms with Crippen molar-refractivity contribution in [3.05, 3.63) is 40.4 Å². The summed E-state index contributed by atoms with van der Waals surface area (Å²) in [4.78, 5) is 7.31. The zero-order valence-corrected chi connectivity index (χ0v) is 9.48. The van der Waals surface area contributed by atoms with Crippen LogP contribution >= 0.6 is 11.6 Å². The highest BCUT2D eigenvalue weighted by molar-refractivity contribution is 6.33. The van der Waals surface area contributed by atoms with Gasteiger partial charge in [-0.3, -0.25) is 0 Å². The number of nitrogens with two attached hydrogens (primary N) is 1. The molecule has 5 heteroatoms. The summed E-state index contributed by atoms with van der Waals surface area (Å²) in [5.41, 5.74) is 7.70. The molecular weight excluding hydrogens is 229 g/mol. The molecule has 16 heavy (non-hydrogen) atoms. The maximum atomic E-state index is 13.1. The first kappa shape index (κ1) is 11.1. The van der Waals surface area contributed by atoms with Crippen LogP contribution in [0.25, 0.3) is 11.4 Å². The van der Waals surface area contributed by atoms with Crippen LogP contribution in [0.2, 0.25) is 5.02 Å². The molecule has 0 aliphatic carbocycles. The average Bonchev–Trinajstić information content (AvgIpc) is 2.63. The summed E-state index contributed by atoms with van der Waals surface area (Å²) in [6.07, 6.45) is 0. The van der Waals surface area contributed by atoms with E-state index in [9.17, 15) is 4.39 Å². The molecule has 0 saturated heterocycles. The largest absolute Gasteiger partial charge is 0.342 e. The molecule has 0 fully saturated rings. The van der Waals surface area contributed by atoms with Gasteiger partial charge < -0.3 is 10.7 Å². The molecule has 0 saturated carbocycles. The van der Waals surface area contributed by atoms with E-state index in [2.05, 4.69) is 9.97 Å². The Balaban J connectivity index is 2.53. The third kappa shape index (κ3) is 1.94.